The Morgan fingerprint density at radius 1 is 1.08 bits per heavy atom. The van der Waals surface area contributed by atoms with Crippen molar-refractivity contribution >= 4 is 17.5 Å². The number of hydrogen-bond acceptors (Lipinski definition) is 4. The van der Waals surface area contributed by atoms with Crippen molar-refractivity contribution in [3.05, 3.63) is 53.1 Å². The molecule has 0 radical (unpaired) electrons. The number of carbonyl (C=O) groups is 2. The smallest absolute Gasteiger partial charge is 0.331 e. The highest BCUT2D eigenvalue weighted by atomic mass is 16.5. The molecule has 1 aromatic rings. The minimum atomic E-state index is -0.288. The van der Waals surface area contributed by atoms with E-state index in [9.17, 15) is 9.59 Å². The molecule has 1 aliphatic carbocycles. The largest absolute Gasteiger partial charge is 0.463 e. The van der Waals surface area contributed by atoms with Crippen LogP contribution in [0.5, 0.6) is 0 Å². The SMILES string of the molecule is CCOC(=O)/C=C/CCCc1cccc2c1/C(=C/C(=O)OCC)CCC2. The Kier molecular flexibility index (Phi) is 8.13. The molecule has 2 rings (SSSR count). The molecular formula is C22H28O4. The molecule has 0 bridgehead atoms. The van der Waals surface area contributed by atoms with Crippen molar-refractivity contribution in [3.63, 3.8) is 0 Å². The van der Waals surface area contributed by atoms with Crippen LogP contribution in [0.1, 0.15) is 56.2 Å². The average molecular weight is 356 g/mol. The van der Waals surface area contributed by atoms with Crippen LogP contribution in [0.2, 0.25) is 0 Å². The van der Waals surface area contributed by atoms with Gasteiger partial charge in [-0.3, -0.25) is 0 Å². The maximum absolute atomic E-state index is 11.9. The van der Waals surface area contributed by atoms with Crippen LogP contribution in [0.15, 0.2) is 36.4 Å². The summed E-state index contributed by atoms with van der Waals surface area (Å²) in [5, 5.41) is 0. The van der Waals surface area contributed by atoms with Crippen molar-refractivity contribution in [1.29, 1.82) is 0 Å². The summed E-state index contributed by atoms with van der Waals surface area (Å²) < 4.78 is 9.96. The highest BCUT2D eigenvalue weighted by Gasteiger charge is 2.18. The summed E-state index contributed by atoms with van der Waals surface area (Å²) in [4.78, 5) is 23.2. The molecular weight excluding hydrogens is 328 g/mol. The first-order chi connectivity index (χ1) is 12.7. The van der Waals surface area contributed by atoms with Crippen LogP contribution >= 0.6 is 0 Å². The topological polar surface area (TPSA) is 52.6 Å². The van der Waals surface area contributed by atoms with Gasteiger partial charge in [-0.25, -0.2) is 9.59 Å². The molecule has 0 aliphatic heterocycles. The summed E-state index contributed by atoms with van der Waals surface area (Å²) in [6.07, 6.45) is 10.7. The highest BCUT2D eigenvalue weighted by Crippen LogP contribution is 2.34. The molecule has 0 N–H and O–H groups in total. The van der Waals surface area contributed by atoms with E-state index in [0.717, 1.165) is 44.1 Å². The summed E-state index contributed by atoms with van der Waals surface area (Å²) in [5.74, 6) is -0.549. The van der Waals surface area contributed by atoms with Crippen LogP contribution in [0.25, 0.3) is 5.57 Å². The van der Waals surface area contributed by atoms with Gasteiger partial charge in [0.1, 0.15) is 0 Å². The molecule has 0 atom stereocenters. The molecule has 0 amide bonds. The monoisotopic (exact) mass is 356 g/mol. The van der Waals surface area contributed by atoms with Crippen LogP contribution in [-0.2, 0) is 31.9 Å². The van der Waals surface area contributed by atoms with E-state index in [-0.39, 0.29) is 11.9 Å². The molecule has 1 aromatic carbocycles. The van der Waals surface area contributed by atoms with Crippen molar-refractivity contribution in [1.82, 2.24) is 0 Å². The van der Waals surface area contributed by atoms with Gasteiger partial charge in [-0.05, 0) is 74.6 Å². The second-order valence-corrected chi connectivity index (χ2v) is 6.27. The van der Waals surface area contributed by atoms with Gasteiger partial charge >= 0.3 is 11.9 Å². The lowest BCUT2D eigenvalue weighted by Crippen LogP contribution is -2.09. The van der Waals surface area contributed by atoms with E-state index in [0.29, 0.717) is 13.2 Å². The van der Waals surface area contributed by atoms with Crippen LogP contribution in [-0.4, -0.2) is 25.2 Å². The Morgan fingerprint density at radius 2 is 1.85 bits per heavy atom. The average Bonchev–Trinajstić information content (AvgIpc) is 2.62. The van der Waals surface area contributed by atoms with E-state index >= 15 is 0 Å². The predicted octanol–water partition coefficient (Wildman–Crippen LogP) is 4.41. The molecule has 0 spiro atoms. The summed E-state index contributed by atoms with van der Waals surface area (Å²) in [6, 6.07) is 6.38. The van der Waals surface area contributed by atoms with Crippen LogP contribution in [0.4, 0.5) is 0 Å². The number of benzene rings is 1. The third-order valence-corrected chi connectivity index (χ3v) is 4.39. The van der Waals surface area contributed by atoms with Gasteiger partial charge in [0.05, 0.1) is 13.2 Å². The lowest BCUT2D eigenvalue weighted by molar-refractivity contribution is -0.138. The van der Waals surface area contributed by atoms with Crippen molar-refractivity contribution < 1.29 is 19.1 Å². The van der Waals surface area contributed by atoms with Gasteiger partial charge in [-0.1, -0.05) is 24.3 Å². The number of hydrogen-bond donors (Lipinski definition) is 0. The van der Waals surface area contributed by atoms with Crippen molar-refractivity contribution in [2.24, 2.45) is 0 Å². The van der Waals surface area contributed by atoms with Gasteiger partial charge in [0.25, 0.3) is 0 Å². The maximum atomic E-state index is 11.9. The zero-order valence-electron chi connectivity index (χ0n) is 15.8. The van der Waals surface area contributed by atoms with E-state index in [1.807, 2.05) is 13.0 Å². The standard InChI is InChI=1S/C22H28O4/c1-3-25-20(23)15-7-5-6-10-17-11-8-12-18-13-9-14-19(22(17)18)16-21(24)26-4-2/h7-8,11-12,15-16H,3-6,9-10,13-14H2,1-2H3/b15-7+,19-16+. The molecule has 1 aliphatic rings. The minimum Gasteiger partial charge on any atom is -0.463 e. The number of carbonyl (C=O) groups excluding carboxylic acids is 2. The fraction of sp³-hybridized carbons (Fsp3) is 0.455. The summed E-state index contributed by atoms with van der Waals surface area (Å²) in [6.45, 7) is 4.41. The van der Waals surface area contributed by atoms with Gasteiger partial charge in [0.2, 0.25) is 0 Å². The Morgan fingerprint density at radius 3 is 2.62 bits per heavy atom. The Hall–Kier alpha value is -2.36. The lowest BCUT2D eigenvalue weighted by Gasteiger charge is -2.22. The molecule has 0 unspecified atom stereocenters. The maximum Gasteiger partial charge on any atom is 0.331 e. The summed E-state index contributed by atoms with van der Waals surface area (Å²) >= 11 is 0. The molecule has 0 saturated heterocycles. The second kappa shape index (κ2) is 10.6. The third kappa shape index (κ3) is 5.87. The van der Waals surface area contributed by atoms with Gasteiger partial charge in [0, 0.05) is 12.2 Å². The number of aryl methyl sites for hydroxylation is 2. The van der Waals surface area contributed by atoms with Crippen molar-refractivity contribution in [2.45, 2.75) is 52.4 Å². The van der Waals surface area contributed by atoms with Gasteiger partial charge < -0.3 is 9.47 Å². The van der Waals surface area contributed by atoms with Gasteiger partial charge in [-0.2, -0.15) is 0 Å². The molecule has 140 valence electrons. The first kappa shape index (κ1) is 20.0. The number of esters is 2. The van der Waals surface area contributed by atoms with E-state index in [2.05, 4.69) is 18.2 Å². The first-order valence-electron chi connectivity index (χ1n) is 9.47. The molecule has 0 heterocycles. The zero-order valence-corrected chi connectivity index (χ0v) is 15.8. The van der Waals surface area contributed by atoms with Crippen LogP contribution in [0, 0.1) is 0 Å². The highest BCUT2D eigenvalue weighted by molar-refractivity contribution is 5.92. The number of fused-ring (bicyclic) bond motifs is 1. The van der Waals surface area contributed by atoms with Gasteiger partial charge in [0.15, 0.2) is 0 Å². The zero-order chi connectivity index (χ0) is 18.8. The normalized spacial score (nSPS) is 15.1. The summed E-state index contributed by atoms with van der Waals surface area (Å²) in [5.41, 5.74) is 4.89. The van der Waals surface area contributed by atoms with E-state index in [1.165, 1.54) is 22.8 Å². The fourth-order valence-electron chi connectivity index (χ4n) is 3.33. The van der Waals surface area contributed by atoms with E-state index in [1.54, 1.807) is 13.0 Å². The van der Waals surface area contributed by atoms with Crippen molar-refractivity contribution in [3.8, 4) is 0 Å². The predicted molar refractivity (Wildman–Crippen MR) is 103 cm³/mol. The molecule has 4 heteroatoms. The van der Waals surface area contributed by atoms with Crippen LogP contribution in [0.3, 0.4) is 0 Å². The third-order valence-electron chi connectivity index (χ3n) is 4.39. The lowest BCUT2D eigenvalue weighted by atomic mass is 9.83. The summed E-state index contributed by atoms with van der Waals surface area (Å²) in [7, 11) is 0. The second-order valence-electron chi connectivity index (χ2n) is 6.27. The Labute approximate surface area is 155 Å². The fourth-order valence-corrected chi connectivity index (χ4v) is 3.33. The number of allylic oxidation sites excluding steroid dienone is 2. The van der Waals surface area contributed by atoms with Crippen molar-refractivity contribution in [2.75, 3.05) is 13.2 Å². The first-order valence-corrected chi connectivity index (χ1v) is 9.47. The molecule has 0 saturated carbocycles. The molecule has 0 fully saturated rings. The Balaban J connectivity index is 2.06. The number of unbranched alkanes of at least 4 members (excludes halogenated alkanes) is 1. The Bertz CT molecular complexity index is 685. The molecule has 0 aromatic heterocycles. The molecule has 26 heavy (non-hydrogen) atoms. The number of rotatable bonds is 8. The minimum absolute atomic E-state index is 0.262. The van der Waals surface area contributed by atoms with Crippen LogP contribution < -0.4 is 0 Å². The van der Waals surface area contributed by atoms with Gasteiger partial charge in [-0.15, -0.1) is 0 Å². The molecule has 4 nitrogen and oxygen atoms in total. The quantitative estimate of drug-likeness (QED) is 0.393. The number of ether oxygens (including phenoxy) is 2. The van der Waals surface area contributed by atoms with E-state index in [4.69, 9.17) is 9.47 Å². The van der Waals surface area contributed by atoms with E-state index < -0.39 is 0 Å².